The number of sulfonamides is 1. The normalized spacial score (nSPS) is 19.7. The molecule has 0 amide bonds. The van der Waals surface area contributed by atoms with Crippen LogP contribution in [0.4, 0.5) is 0 Å². The number of hydrogen-bond acceptors (Lipinski definition) is 3. The van der Waals surface area contributed by atoms with E-state index >= 15 is 0 Å². The van der Waals surface area contributed by atoms with Crippen LogP contribution in [0.15, 0.2) is 29.2 Å². The Labute approximate surface area is 134 Å². The van der Waals surface area contributed by atoms with Crippen LogP contribution in [0, 0.1) is 5.92 Å². The van der Waals surface area contributed by atoms with Gasteiger partial charge >= 0.3 is 0 Å². The second-order valence-corrected chi connectivity index (χ2v) is 7.82. The summed E-state index contributed by atoms with van der Waals surface area (Å²) >= 11 is 0. The Morgan fingerprint density at radius 3 is 2.38 bits per heavy atom. The van der Waals surface area contributed by atoms with E-state index in [-0.39, 0.29) is 18.4 Å². The van der Waals surface area contributed by atoms with Crippen molar-refractivity contribution >= 4 is 22.4 Å². The first-order chi connectivity index (χ1) is 9.43. The van der Waals surface area contributed by atoms with E-state index in [2.05, 4.69) is 19.2 Å². The highest BCUT2D eigenvalue weighted by molar-refractivity contribution is 7.89. The summed E-state index contributed by atoms with van der Waals surface area (Å²) in [5, 5.41) is 3.14. The van der Waals surface area contributed by atoms with Gasteiger partial charge in [0.15, 0.2) is 0 Å². The fraction of sp³-hybridized carbons (Fsp3) is 0.600. The van der Waals surface area contributed by atoms with Crippen molar-refractivity contribution in [3.05, 3.63) is 29.8 Å². The monoisotopic (exact) mass is 332 g/mol. The Bertz CT molecular complexity index is 543. The lowest BCUT2D eigenvalue weighted by molar-refractivity contribution is 0.464. The minimum Gasteiger partial charge on any atom is -0.316 e. The molecule has 0 aromatic heterocycles. The Morgan fingerprint density at radius 2 is 1.90 bits per heavy atom. The highest BCUT2D eigenvalue weighted by atomic mass is 35.5. The summed E-state index contributed by atoms with van der Waals surface area (Å²) in [6, 6.07) is 7.60. The molecule has 1 aromatic rings. The average molecular weight is 333 g/mol. The maximum Gasteiger partial charge on any atom is 0.243 e. The van der Waals surface area contributed by atoms with E-state index in [4.69, 9.17) is 0 Å². The quantitative estimate of drug-likeness (QED) is 0.900. The third-order valence-corrected chi connectivity index (χ3v) is 5.64. The van der Waals surface area contributed by atoms with Crippen molar-refractivity contribution < 1.29 is 8.42 Å². The summed E-state index contributed by atoms with van der Waals surface area (Å²) in [5.41, 5.74) is 1.19. The van der Waals surface area contributed by atoms with Gasteiger partial charge in [-0.1, -0.05) is 26.0 Å². The van der Waals surface area contributed by atoms with Crippen LogP contribution >= 0.6 is 12.4 Å². The molecule has 1 aliphatic rings. The second kappa shape index (κ2) is 7.58. The molecule has 1 N–H and O–H groups in total. The van der Waals surface area contributed by atoms with Gasteiger partial charge in [0.1, 0.15) is 0 Å². The van der Waals surface area contributed by atoms with Gasteiger partial charge in [-0.2, -0.15) is 4.31 Å². The SMILES string of the molecule is CNC1CCN(S(=O)(=O)c2ccc(CC(C)C)cc2)C1.Cl. The van der Waals surface area contributed by atoms with E-state index in [1.807, 2.05) is 19.2 Å². The van der Waals surface area contributed by atoms with Gasteiger partial charge in [0.25, 0.3) is 0 Å². The third kappa shape index (κ3) is 4.42. The van der Waals surface area contributed by atoms with Gasteiger partial charge in [0.05, 0.1) is 4.90 Å². The lowest BCUT2D eigenvalue weighted by Gasteiger charge is -2.17. The zero-order valence-corrected chi connectivity index (χ0v) is 14.5. The topological polar surface area (TPSA) is 49.4 Å². The van der Waals surface area contributed by atoms with E-state index in [1.165, 1.54) is 5.56 Å². The lowest BCUT2D eigenvalue weighted by atomic mass is 10.0. The van der Waals surface area contributed by atoms with Crippen molar-refractivity contribution in [1.82, 2.24) is 9.62 Å². The number of rotatable bonds is 5. The molecule has 1 atom stereocenters. The summed E-state index contributed by atoms with van der Waals surface area (Å²) < 4.78 is 26.6. The minimum absolute atomic E-state index is 0. The predicted octanol–water partition coefficient (Wildman–Crippen LogP) is 2.29. The predicted molar refractivity (Wildman–Crippen MR) is 88.5 cm³/mol. The molecule has 0 aliphatic carbocycles. The first-order valence-electron chi connectivity index (χ1n) is 7.20. The smallest absolute Gasteiger partial charge is 0.243 e. The molecule has 0 spiro atoms. The number of nitrogens with one attached hydrogen (secondary N) is 1. The zero-order valence-electron chi connectivity index (χ0n) is 12.9. The van der Waals surface area contributed by atoms with Crippen LogP contribution in [-0.4, -0.2) is 38.9 Å². The van der Waals surface area contributed by atoms with Gasteiger partial charge < -0.3 is 5.32 Å². The van der Waals surface area contributed by atoms with E-state index in [9.17, 15) is 8.42 Å². The van der Waals surface area contributed by atoms with Crippen molar-refractivity contribution in [3.8, 4) is 0 Å². The Hall–Kier alpha value is -0.620. The highest BCUT2D eigenvalue weighted by Crippen LogP contribution is 2.22. The van der Waals surface area contributed by atoms with Crippen LogP contribution in [0.1, 0.15) is 25.8 Å². The van der Waals surface area contributed by atoms with Crippen molar-refractivity contribution in [2.24, 2.45) is 5.92 Å². The summed E-state index contributed by atoms with van der Waals surface area (Å²) in [6.45, 7) is 5.48. The number of hydrogen-bond donors (Lipinski definition) is 1. The van der Waals surface area contributed by atoms with Crippen LogP contribution in [0.25, 0.3) is 0 Å². The molecule has 1 fully saturated rings. The molecule has 0 saturated carbocycles. The van der Waals surface area contributed by atoms with Crippen LogP contribution < -0.4 is 5.32 Å². The molecule has 0 radical (unpaired) electrons. The number of halogens is 1. The van der Waals surface area contributed by atoms with Gasteiger partial charge in [0, 0.05) is 19.1 Å². The van der Waals surface area contributed by atoms with Gasteiger partial charge in [-0.15, -0.1) is 12.4 Å². The molecule has 4 nitrogen and oxygen atoms in total. The first-order valence-corrected chi connectivity index (χ1v) is 8.64. The van der Waals surface area contributed by atoms with E-state index in [0.717, 1.165) is 12.8 Å². The molecule has 6 heteroatoms. The summed E-state index contributed by atoms with van der Waals surface area (Å²) in [5.74, 6) is 0.576. The maximum absolute atomic E-state index is 12.5. The molecule has 1 unspecified atom stereocenters. The first kappa shape index (κ1) is 18.4. The minimum atomic E-state index is -3.33. The van der Waals surface area contributed by atoms with Gasteiger partial charge in [-0.25, -0.2) is 8.42 Å². The second-order valence-electron chi connectivity index (χ2n) is 5.88. The van der Waals surface area contributed by atoms with E-state index in [1.54, 1.807) is 16.4 Å². The Balaban J connectivity index is 0.00000220. The largest absolute Gasteiger partial charge is 0.316 e. The van der Waals surface area contributed by atoms with E-state index in [0.29, 0.717) is 23.9 Å². The molecule has 0 bridgehead atoms. The summed E-state index contributed by atoms with van der Waals surface area (Å²) in [6.07, 6.45) is 1.85. The number of likely N-dealkylation sites (N-methyl/N-ethyl adjacent to an activating group) is 1. The fourth-order valence-electron chi connectivity index (χ4n) is 2.60. The summed E-state index contributed by atoms with van der Waals surface area (Å²) in [4.78, 5) is 0.404. The Kier molecular flexibility index (Phi) is 6.66. The van der Waals surface area contributed by atoms with Gasteiger partial charge in [0.2, 0.25) is 10.0 Å². The summed E-state index contributed by atoms with van der Waals surface area (Å²) in [7, 11) is -1.46. The fourth-order valence-corrected chi connectivity index (χ4v) is 4.10. The van der Waals surface area contributed by atoms with Gasteiger partial charge in [-0.05, 0) is 43.5 Å². The van der Waals surface area contributed by atoms with Crippen LogP contribution in [0.3, 0.4) is 0 Å². The molecule has 2 rings (SSSR count). The zero-order chi connectivity index (χ0) is 14.8. The average Bonchev–Trinajstić information content (AvgIpc) is 2.88. The molecule has 120 valence electrons. The van der Waals surface area contributed by atoms with Crippen molar-refractivity contribution in [3.63, 3.8) is 0 Å². The standard InChI is InChI=1S/C15H24N2O2S.ClH/c1-12(2)10-13-4-6-15(7-5-13)20(18,19)17-9-8-14(11-17)16-3;/h4-7,12,14,16H,8-11H2,1-3H3;1H. The molecule has 1 aromatic carbocycles. The Morgan fingerprint density at radius 1 is 1.29 bits per heavy atom. The lowest BCUT2D eigenvalue weighted by Crippen LogP contribution is -2.33. The van der Waals surface area contributed by atoms with Crippen molar-refractivity contribution in [1.29, 1.82) is 0 Å². The molecule has 21 heavy (non-hydrogen) atoms. The van der Waals surface area contributed by atoms with Crippen molar-refractivity contribution in [2.75, 3.05) is 20.1 Å². The number of benzene rings is 1. The molecular formula is C15H25ClN2O2S. The van der Waals surface area contributed by atoms with Crippen molar-refractivity contribution in [2.45, 2.75) is 37.6 Å². The maximum atomic E-state index is 12.5. The molecule has 1 heterocycles. The molecule has 1 aliphatic heterocycles. The van der Waals surface area contributed by atoms with Crippen LogP contribution in [0.5, 0.6) is 0 Å². The van der Waals surface area contributed by atoms with Crippen LogP contribution in [-0.2, 0) is 16.4 Å². The van der Waals surface area contributed by atoms with Crippen LogP contribution in [0.2, 0.25) is 0 Å². The number of nitrogens with zero attached hydrogens (tertiary/aromatic N) is 1. The van der Waals surface area contributed by atoms with E-state index < -0.39 is 10.0 Å². The third-order valence-electron chi connectivity index (χ3n) is 3.76. The molecular weight excluding hydrogens is 308 g/mol. The van der Waals surface area contributed by atoms with Gasteiger partial charge in [-0.3, -0.25) is 0 Å². The molecule has 1 saturated heterocycles. The highest BCUT2D eigenvalue weighted by Gasteiger charge is 2.31.